The molecular weight excluding hydrogens is 598 g/mol. The first kappa shape index (κ1) is 29.1. The van der Waals surface area contributed by atoms with Crippen molar-refractivity contribution in [1.29, 1.82) is 0 Å². The second kappa shape index (κ2) is 13.1. The number of carbonyl (C=O) groups excluding carboxylic acids is 1. The number of hydrogen-bond acceptors (Lipinski definition) is 4. The van der Waals surface area contributed by atoms with Crippen LogP contribution in [0.3, 0.4) is 0 Å². The standard InChI is InChI=1S/C37H38BrN3O2/c38-32-14-9-10-28-22-30(23-33(41-35(28)32)31-13-5-6-15-34(31)42)39-24-26-16-18-27(19-17-26)25-40-36(43)37(20-7-2-8-21-37)29-11-3-1-4-12-29/h1,3-6,9-19,23,33,39,41-42H,2,7-8,20-22,24-25H2,(H,40,43). The van der Waals surface area contributed by atoms with Gasteiger partial charge in [0.05, 0.1) is 17.1 Å². The monoisotopic (exact) mass is 635 g/mol. The molecule has 6 rings (SSSR count). The zero-order valence-corrected chi connectivity index (χ0v) is 25.9. The van der Waals surface area contributed by atoms with E-state index >= 15 is 0 Å². The number of phenolic OH excluding ortho intramolecular Hbond substituents is 1. The number of anilines is 1. The average molecular weight is 637 g/mol. The summed E-state index contributed by atoms with van der Waals surface area (Å²) in [6, 6.07) is 32.3. The summed E-state index contributed by atoms with van der Waals surface area (Å²) in [5.74, 6) is 0.413. The van der Waals surface area contributed by atoms with Crippen molar-refractivity contribution in [2.45, 2.75) is 63.1 Å². The summed E-state index contributed by atoms with van der Waals surface area (Å²) in [4.78, 5) is 13.6. The number of rotatable bonds is 8. The smallest absolute Gasteiger partial charge is 0.230 e. The number of benzene rings is 4. The lowest BCUT2D eigenvalue weighted by atomic mass is 9.68. The van der Waals surface area contributed by atoms with Crippen LogP contribution >= 0.6 is 15.9 Å². The molecule has 0 aromatic heterocycles. The van der Waals surface area contributed by atoms with Gasteiger partial charge in [0.25, 0.3) is 0 Å². The number of aromatic hydroxyl groups is 1. The van der Waals surface area contributed by atoms with Crippen LogP contribution in [0.15, 0.2) is 113 Å². The van der Waals surface area contributed by atoms with Gasteiger partial charge in [-0.25, -0.2) is 0 Å². The summed E-state index contributed by atoms with van der Waals surface area (Å²) < 4.78 is 1.00. The van der Waals surface area contributed by atoms with Crippen molar-refractivity contribution in [3.05, 3.63) is 141 Å². The molecule has 2 aliphatic rings. The van der Waals surface area contributed by atoms with Gasteiger partial charge in [0.1, 0.15) is 5.75 Å². The molecule has 1 heterocycles. The van der Waals surface area contributed by atoms with Crippen molar-refractivity contribution in [3.63, 3.8) is 0 Å². The third-order valence-electron chi connectivity index (χ3n) is 8.88. The highest BCUT2D eigenvalue weighted by Gasteiger charge is 2.40. The Labute approximate surface area is 262 Å². The SMILES string of the molecule is O=C(NCc1ccc(CNC2=CC(c3ccccc3O)Nc3c(Br)cccc3C2)cc1)C1(c2ccccc2)CCCCC1. The van der Waals surface area contributed by atoms with E-state index in [4.69, 9.17) is 0 Å². The lowest BCUT2D eigenvalue weighted by Crippen LogP contribution is -2.45. The van der Waals surface area contributed by atoms with E-state index in [9.17, 15) is 9.90 Å². The van der Waals surface area contributed by atoms with E-state index in [0.717, 1.165) is 70.2 Å². The fraction of sp³-hybridized carbons (Fsp3) is 0.270. The summed E-state index contributed by atoms with van der Waals surface area (Å²) in [6.45, 7) is 1.19. The molecule has 0 spiro atoms. The van der Waals surface area contributed by atoms with Gasteiger partial charge in [0.15, 0.2) is 0 Å². The number of fused-ring (bicyclic) bond motifs is 1. The maximum absolute atomic E-state index is 13.6. The van der Waals surface area contributed by atoms with Crippen LogP contribution < -0.4 is 16.0 Å². The third kappa shape index (κ3) is 6.50. The zero-order chi connectivity index (χ0) is 29.6. The van der Waals surface area contributed by atoms with Gasteiger partial charge in [-0.3, -0.25) is 4.79 Å². The summed E-state index contributed by atoms with van der Waals surface area (Å²) in [5, 5.41) is 21.1. The molecule has 4 aromatic rings. The summed E-state index contributed by atoms with van der Waals surface area (Å²) in [6.07, 6.45) is 8.11. The Balaban J connectivity index is 1.12. The first-order chi connectivity index (χ1) is 21.0. The lowest BCUT2D eigenvalue weighted by Gasteiger charge is -2.36. The van der Waals surface area contributed by atoms with E-state index < -0.39 is 5.41 Å². The Morgan fingerprint density at radius 1 is 0.837 bits per heavy atom. The van der Waals surface area contributed by atoms with Crippen molar-refractivity contribution < 1.29 is 9.90 Å². The van der Waals surface area contributed by atoms with E-state index in [2.05, 4.69) is 86.5 Å². The normalized spacial score (nSPS) is 17.5. The number of amides is 1. The van der Waals surface area contributed by atoms with Crippen molar-refractivity contribution in [2.24, 2.45) is 0 Å². The van der Waals surface area contributed by atoms with Crippen LogP contribution in [0.25, 0.3) is 0 Å². The highest BCUT2D eigenvalue weighted by atomic mass is 79.9. The van der Waals surface area contributed by atoms with Crippen LogP contribution in [0.2, 0.25) is 0 Å². The molecule has 220 valence electrons. The molecule has 1 amide bonds. The van der Waals surface area contributed by atoms with Crippen LogP contribution in [0.1, 0.15) is 66.0 Å². The number of carbonyl (C=O) groups is 1. The van der Waals surface area contributed by atoms with Gasteiger partial charge in [0.2, 0.25) is 5.91 Å². The number of halogens is 1. The molecule has 43 heavy (non-hydrogen) atoms. The van der Waals surface area contributed by atoms with Gasteiger partial charge in [-0.1, -0.05) is 104 Å². The molecule has 1 fully saturated rings. The van der Waals surface area contributed by atoms with Gasteiger partial charge < -0.3 is 21.1 Å². The summed E-state index contributed by atoms with van der Waals surface area (Å²) >= 11 is 3.70. The maximum atomic E-state index is 13.6. The first-order valence-corrected chi connectivity index (χ1v) is 16.0. The second-order valence-corrected chi connectivity index (χ2v) is 12.5. The topological polar surface area (TPSA) is 73.4 Å². The predicted octanol–water partition coefficient (Wildman–Crippen LogP) is 8.06. The van der Waals surface area contributed by atoms with Crippen LogP contribution in [-0.2, 0) is 29.7 Å². The molecule has 6 heteroatoms. The number of para-hydroxylation sites is 2. The van der Waals surface area contributed by atoms with E-state index in [0.29, 0.717) is 13.1 Å². The van der Waals surface area contributed by atoms with Gasteiger partial charge in [-0.05, 0) is 69.2 Å². The Kier molecular flexibility index (Phi) is 8.85. The quantitative estimate of drug-likeness (QED) is 0.158. The van der Waals surface area contributed by atoms with E-state index in [1.165, 1.54) is 12.0 Å². The first-order valence-electron chi connectivity index (χ1n) is 15.2. The summed E-state index contributed by atoms with van der Waals surface area (Å²) in [7, 11) is 0. The van der Waals surface area contributed by atoms with Gasteiger partial charge in [-0.2, -0.15) is 0 Å². The Hall–Kier alpha value is -4.03. The number of phenols is 1. The number of nitrogens with one attached hydrogen (secondary N) is 3. The molecule has 1 unspecified atom stereocenters. The fourth-order valence-electron chi connectivity index (χ4n) is 6.48. The van der Waals surface area contributed by atoms with Gasteiger partial charge in [0, 0.05) is 35.2 Å². The molecule has 0 saturated heterocycles. The van der Waals surface area contributed by atoms with Crippen molar-refractivity contribution in [1.82, 2.24) is 10.6 Å². The predicted molar refractivity (Wildman–Crippen MR) is 177 cm³/mol. The second-order valence-electron chi connectivity index (χ2n) is 11.7. The average Bonchev–Trinajstić information content (AvgIpc) is 3.24. The highest BCUT2D eigenvalue weighted by molar-refractivity contribution is 9.10. The molecule has 4 N–H and O–H groups in total. The van der Waals surface area contributed by atoms with Crippen molar-refractivity contribution in [3.8, 4) is 5.75 Å². The van der Waals surface area contributed by atoms with E-state index in [1.54, 1.807) is 6.07 Å². The number of allylic oxidation sites excluding steroid dienone is 1. The zero-order valence-electron chi connectivity index (χ0n) is 24.3. The van der Waals surface area contributed by atoms with Crippen LogP contribution in [0.5, 0.6) is 5.75 Å². The van der Waals surface area contributed by atoms with Gasteiger partial charge >= 0.3 is 0 Å². The lowest BCUT2D eigenvalue weighted by molar-refractivity contribution is -0.128. The van der Waals surface area contributed by atoms with Crippen molar-refractivity contribution in [2.75, 3.05) is 5.32 Å². The Morgan fingerprint density at radius 3 is 2.28 bits per heavy atom. The van der Waals surface area contributed by atoms with Gasteiger partial charge in [-0.15, -0.1) is 0 Å². The van der Waals surface area contributed by atoms with Crippen LogP contribution in [-0.4, -0.2) is 11.0 Å². The minimum atomic E-state index is -0.423. The van der Waals surface area contributed by atoms with E-state index in [1.807, 2.05) is 42.5 Å². The van der Waals surface area contributed by atoms with Crippen LogP contribution in [0.4, 0.5) is 5.69 Å². The molecule has 1 aliphatic heterocycles. The highest BCUT2D eigenvalue weighted by Crippen LogP contribution is 2.40. The minimum absolute atomic E-state index is 0.143. The van der Waals surface area contributed by atoms with Crippen molar-refractivity contribution >= 4 is 27.5 Å². The molecule has 0 radical (unpaired) electrons. The maximum Gasteiger partial charge on any atom is 0.230 e. The van der Waals surface area contributed by atoms with Crippen LogP contribution in [0, 0.1) is 0 Å². The molecule has 4 aromatic carbocycles. The largest absolute Gasteiger partial charge is 0.508 e. The molecule has 5 nitrogen and oxygen atoms in total. The Bertz CT molecular complexity index is 1590. The molecule has 1 saturated carbocycles. The molecule has 0 bridgehead atoms. The third-order valence-corrected chi connectivity index (χ3v) is 9.54. The number of hydrogen-bond donors (Lipinski definition) is 4. The summed E-state index contributed by atoms with van der Waals surface area (Å²) in [5.41, 5.74) is 7.11. The molecule has 1 atom stereocenters. The van der Waals surface area contributed by atoms with E-state index in [-0.39, 0.29) is 17.7 Å². The molecular formula is C37H38BrN3O2. The fourth-order valence-corrected chi connectivity index (χ4v) is 7.00. The Morgan fingerprint density at radius 2 is 1.53 bits per heavy atom. The minimum Gasteiger partial charge on any atom is -0.508 e. The molecule has 1 aliphatic carbocycles.